The van der Waals surface area contributed by atoms with Crippen molar-refractivity contribution in [3.63, 3.8) is 0 Å². The second-order valence-corrected chi connectivity index (χ2v) is 6.04. The van der Waals surface area contributed by atoms with Crippen LogP contribution in [0, 0.1) is 11.2 Å². The predicted octanol–water partition coefficient (Wildman–Crippen LogP) is 4.06. The summed E-state index contributed by atoms with van der Waals surface area (Å²) in [5.74, 6) is -0.164. The molecule has 1 aliphatic rings. The van der Waals surface area contributed by atoms with Crippen molar-refractivity contribution >= 4 is 0 Å². The lowest BCUT2D eigenvalue weighted by atomic mass is 9.91. The van der Waals surface area contributed by atoms with E-state index < -0.39 is 0 Å². The summed E-state index contributed by atoms with van der Waals surface area (Å²) < 4.78 is 12.8. The largest absolute Gasteiger partial charge is 0.307 e. The van der Waals surface area contributed by atoms with E-state index in [0.717, 1.165) is 5.56 Å². The Morgan fingerprint density at radius 1 is 1.29 bits per heavy atom. The van der Waals surface area contributed by atoms with Crippen LogP contribution in [-0.2, 0) is 0 Å². The van der Waals surface area contributed by atoms with E-state index in [1.54, 1.807) is 0 Å². The second-order valence-electron chi connectivity index (χ2n) is 6.04. The number of hydrogen-bond donors (Lipinski definition) is 1. The number of halogens is 1. The first-order chi connectivity index (χ1) is 7.96. The first-order valence-corrected chi connectivity index (χ1v) is 6.48. The van der Waals surface area contributed by atoms with Gasteiger partial charge in [-0.15, -0.1) is 0 Å². The number of hydrogen-bond acceptors (Lipinski definition) is 1. The van der Waals surface area contributed by atoms with Crippen LogP contribution in [0.15, 0.2) is 24.3 Å². The summed E-state index contributed by atoms with van der Waals surface area (Å²) in [7, 11) is 0. The van der Waals surface area contributed by atoms with Crippen LogP contribution in [0.1, 0.15) is 51.6 Å². The quantitative estimate of drug-likeness (QED) is 0.833. The average molecular weight is 235 g/mol. The predicted molar refractivity (Wildman–Crippen MR) is 69.4 cm³/mol. The zero-order valence-corrected chi connectivity index (χ0v) is 11.0. The van der Waals surface area contributed by atoms with E-state index >= 15 is 0 Å². The van der Waals surface area contributed by atoms with Gasteiger partial charge in [0.1, 0.15) is 5.82 Å². The van der Waals surface area contributed by atoms with Crippen LogP contribution in [0.25, 0.3) is 0 Å². The average Bonchev–Trinajstić information content (AvgIpc) is 2.59. The maximum absolute atomic E-state index is 12.8. The van der Waals surface area contributed by atoms with Crippen molar-refractivity contribution in [1.29, 1.82) is 0 Å². The summed E-state index contributed by atoms with van der Waals surface area (Å²) in [6.45, 7) is 6.81. The molecule has 1 N–H and O–H groups in total. The molecule has 0 aliphatic heterocycles. The number of benzene rings is 1. The van der Waals surface area contributed by atoms with Crippen LogP contribution in [0.2, 0.25) is 0 Å². The molecule has 2 heteroatoms. The topological polar surface area (TPSA) is 12.0 Å². The highest BCUT2D eigenvalue weighted by molar-refractivity contribution is 5.19. The molecular formula is C15H22FN. The van der Waals surface area contributed by atoms with Crippen LogP contribution in [-0.4, -0.2) is 6.04 Å². The molecule has 1 saturated carbocycles. The van der Waals surface area contributed by atoms with Gasteiger partial charge in [-0.25, -0.2) is 4.39 Å². The van der Waals surface area contributed by atoms with Gasteiger partial charge in [-0.1, -0.05) is 26.0 Å². The molecule has 0 saturated heterocycles. The monoisotopic (exact) mass is 235 g/mol. The summed E-state index contributed by atoms with van der Waals surface area (Å²) >= 11 is 0. The molecule has 0 bridgehead atoms. The summed E-state index contributed by atoms with van der Waals surface area (Å²) in [6.07, 6.45) is 3.78. The molecule has 1 aromatic carbocycles. The fraction of sp³-hybridized carbons (Fsp3) is 0.600. The molecule has 0 heterocycles. The molecule has 1 fully saturated rings. The van der Waals surface area contributed by atoms with Crippen molar-refractivity contribution in [2.45, 2.75) is 52.1 Å². The first-order valence-electron chi connectivity index (χ1n) is 6.48. The Kier molecular flexibility index (Phi) is 3.53. The van der Waals surface area contributed by atoms with Crippen molar-refractivity contribution < 1.29 is 4.39 Å². The molecule has 1 nitrogen and oxygen atoms in total. The summed E-state index contributed by atoms with van der Waals surface area (Å²) in [4.78, 5) is 0. The molecule has 2 rings (SSSR count). The normalized spacial score (nSPS) is 24.8. The Morgan fingerprint density at radius 3 is 2.47 bits per heavy atom. The minimum atomic E-state index is -0.164. The highest BCUT2D eigenvalue weighted by Crippen LogP contribution is 2.37. The van der Waals surface area contributed by atoms with Gasteiger partial charge in [0.05, 0.1) is 0 Å². The fourth-order valence-electron chi connectivity index (χ4n) is 2.78. The van der Waals surface area contributed by atoms with E-state index in [-0.39, 0.29) is 5.82 Å². The lowest BCUT2D eigenvalue weighted by Crippen LogP contribution is -2.30. The van der Waals surface area contributed by atoms with Gasteiger partial charge in [0.15, 0.2) is 0 Å². The van der Waals surface area contributed by atoms with E-state index in [2.05, 4.69) is 26.1 Å². The molecule has 0 radical (unpaired) electrons. The molecule has 0 spiro atoms. The van der Waals surface area contributed by atoms with Crippen LogP contribution >= 0.6 is 0 Å². The minimum Gasteiger partial charge on any atom is -0.307 e. The SMILES string of the molecule is CC(NC1CCC(C)(C)C1)c1ccc(F)cc1. The molecule has 0 amide bonds. The first kappa shape index (κ1) is 12.6. The van der Waals surface area contributed by atoms with Crippen LogP contribution in [0.5, 0.6) is 0 Å². The second kappa shape index (κ2) is 4.77. The molecular weight excluding hydrogens is 213 g/mol. The maximum atomic E-state index is 12.8. The third-order valence-corrected chi connectivity index (χ3v) is 3.82. The van der Waals surface area contributed by atoms with Gasteiger partial charge in [0.2, 0.25) is 0 Å². The van der Waals surface area contributed by atoms with Crippen LogP contribution in [0.4, 0.5) is 4.39 Å². The highest BCUT2D eigenvalue weighted by atomic mass is 19.1. The molecule has 0 aromatic heterocycles. The van der Waals surface area contributed by atoms with Gasteiger partial charge in [-0.05, 0) is 49.3 Å². The van der Waals surface area contributed by atoms with Gasteiger partial charge >= 0.3 is 0 Å². The molecule has 94 valence electrons. The van der Waals surface area contributed by atoms with Crippen LogP contribution < -0.4 is 5.32 Å². The molecule has 2 atom stereocenters. The number of nitrogens with one attached hydrogen (secondary N) is 1. The smallest absolute Gasteiger partial charge is 0.123 e. The van der Waals surface area contributed by atoms with Gasteiger partial charge in [-0.2, -0.15) is 0 Å². The maximum Gasteiger partial charge on any atom is 0.123 e. The summed E-state index contributed by atoms with van der Waals surface area (Å²) in [5.41, 5.74) is 1.64. The van der Waals surface area contributed by atoms with Gasteiger partial charge in [-0.3, -0.25) is 0 Å². The molecule has 1 aliphatic carbocycles. The molecule has 1 aromatic rings. The van der Waals surface area contributed by atoms with Crippen molar-refractivity contribution in [3.8, 4) is 0 Å². The fourth-order valence-corrected chi connectivity index (χ4v) is 2.78. The molecule has 2 unspecified atom stereocenters. The van der Waals surface area contributed by atoms with Gasteiger partial charge in [0.25, 0.3) is 0 Å². The van der Waals surface area contributed by atoms with E-state index in [1.807, 2.05) is 12.1 Å². The standard InChI is InChI=1S/C15H22FN/c1-11(12-4-6-13(16)7-5-12)17-14-8-9-15(2,3)10-14/h4-7,11,14,17H,8-10H2,1-3H3. The zero-order chi connectivity index (χ0) is 12.5. The number of rotatable bonds is 3. The van der Waals surface area contributed by atoms with E-state index in [0.29, 0.717) is 17.5 Å². The summed E-state index contributed by atoms with van der Waals surface area (Å²) in [6, 6.07) is 7.71. The highest BCUT2D eigenvalue weighted by Gasteiger charge is 2.31. The Morgan fingerprint density at radius 2 is 1.94 bits per heavy atom. The Bertz CT molecular complexity index is 369. The third kappa shape index (κ3) is 3.29. The van der Waals surface area contributed by atoms with Gasteiger partial charge < -0.3 is 5.32 Å². The van der Waals surface area contributed by atoms with Crippen molar-refractivity contribution in [2.24, 2.45) is 5.41 Å². The Hall–Kier alpha value is -0.890. The zero-order valence-electron chi connectivity index (χ0n) is 11.0. The Balaban J connectivity index is 1.93. The van der Waals surface area contributed by atoms with Crippen molar-refractivity contribution in [1.82, 2.24) is 5.32 Å². The lowest BCUT2D eigenvalue weighted by molar-refractivity contribution is 0.356. The van der Waals surface area contributed by atoms with E-state index in [4.69, 9.17) is 0 Å². The van der Waals surface area contributed by atoms with Crippen LogP contribution in [0.3, 0.4) is 0 Å². The van der Waals surface area contributed by atoms with E-state index in [1.165, 1.54) is 31.4 Å². The third-order valence-electron chi connectivity index (χ3n) is 3.82. The van der Waals surface area contributed by atoms with Crippen molar-refractivity contribution in [2.75, 3.05) is 0 Å². The van der Waals surface area contributed by atoms with Crippen molar-refractivity contribution in [3.05, 3.63) is 35.6 Å². The lowest BCUT2D eigenvalue weighted by Gasteiger charge is -2.22. The van der Waals surface area contributed by atoms with Gasteiger partial charge in [0, 0.05) is 12.1 Å². The summed E-state index contributed by atoms with van der Waals surface area (Å²) in [5, 5.41) is 3.65. The van der Waals surface area contributed by atoms with E-state index in [9.17, 15) is 4.39 Å². The Labute approximate surface area is 103 Å². The molecule has 17 heavy (non-hydrogen) atoms. The minimum absolute atomic E-state index is 0.164.